The molecule has 1 atom stereocenters. The predicted molar refractivity (Wildman–Crippen MR) is 160 cm³/mol. The van der Waals surface area contributed by atoms with Crippen molar-refractivity contribution in [3.8, 4) is 11.4 Å². The Balaban J connectivity index is 1.17. The van der Waals surface area contributed by atoms with Crippen LogP contribution in [0.15, 0.2) is 85.1 Å². The fourth-order valence-corrected chi connectivity index (χ4v) is 6.27. The molecule has 43 heavy (non-hydrogen) atoms. The summed E-state index contributed by atoms with van der Waals surface area (Å²) in [5, 5.41) is 13.5. The molecule has 1 N–H and O–H groups in total. The molecule has 222 valence electrons. The van der Waals surface area contributed by atoms with Crippen molar-refractivity contribution in [3.05, 3.63) is 113 Å². The van der Waals surface area contributed by atoms with Crippen molar-refractivity contribution < 1.29 is 23.8 Å². The number of aliphatic carboxylic acids is 1. The lowest BCUT2D eigenvalue weighted by Gasteiger charge is -2.33. The molecule has 8 nitrogen and oxygen atoms in total. The number of carboxylic acids is 1. The molecular weight excluding hydrogens is 547 g/mol. The van der Waals surface area contributed by atoms with Crippen LogP contribution in [-0.4, -0.2) is 69.3 Å². The first kappa shape index (κ1) is 28.6. The topological polar surface area (TPSA) is 87.9 Å². The van der Waals surface area contributed by atoms with Crippen molar-refractivity contribution in [2.75, 3.05) is 32.8 Å². The van der Waals surface area contributed by atoms with E-state index in [1.165, 1.54) is 17.7 Å². The van der Waals surface area contributed by atoms with Gasteiger partial charge in [-0.05, 0) is 79.9 Å². The highest BCUT2D eigenvalue weighted by atomic mass is 19.1. The van der Waals surface area contributed by atoms with Gasteiger partial charge in [0.05, 0.1) is 23.1 Å². The van der Waals surface area contributed by atoms with Gasteiger partial charge in [-0.1, -0.05) is 42.5 Å². The zero-order chi connectivity index (χ0) is 29.8. The Kier molecular flexibility index (Phi) is 8.51. The fourth-order valence-electron chi connectivity index (χ4n) is 6.27. The first-order valence-corrected chi connectivity index (χ1v) is 14.8. The number of carboxylic acid groups (broad SMARTS) is 1. The number of likely N-dealkylation sites (tertiary alicyclic amines) is 2. The maximum Gasteiger partial charge on any atom is 0.341 e. The highest BCUT2D eigenvalue weighted by Crippen LogP contribution is 2.35. The van der Waals surface area contributed by atoms with Gasteiger partial charge in [0.1, 0.15) is 11.6 Å². The zero-order valence-electron chi connectivity index (χ0n) is 23.9. The van der Waals surface area contributed by atoms with E-state index < -0.39 is 5.97 Å². The number of amides is 1. The number of halogens is 1. The number of hydrogen-bond acceptors (Lipinski definition) is 5. The molecule has 0 saturated carbocycles. The number of rotatable bonds is 9. The van der Waals surface area contributed by atoms with Gasteiger partial charge in [0.15, 0.2) is 6.61 Å². The number of aromatic nitrogens is 2. The Morgan fingerprint density at radius 3 is 2.28 bits per heavy atom. The van der Waals surface area contributed by atoms with Crippen LogP contribution in [0.25, 0.3) is 5.69 Å². The largest absolute Gasteiger partial charge is 0.482 e. The summed E-state index contributed by atoms with van der Waals surface area (Å²) in [6.07, 6.45) is 4.35. The minimum atomic E-state index is -1.01. The second-order valence-corrected chi connectivity index (χ2v) is 11.4. The lowest BCUT2D eigenvalue weighted by molar-refractivity contribution is -0.139. The molecule has 2 aliphatic heterocycles. The van der Waals surface area contributed by atoms with Crippen molar-refractivity contribution in [2.24, 2.45) is 0 Å². The van der Waals surface area contributed by atoms with E-state index >= 15 is 0 Å². The Morgan fingerprint density at radius 1 is 0.884 bits per heavy atom. The molecule has 0 radical (unpaired) electrons. The maximum atomic E-state index is 14.0. The summed E-state index contributed by atoms with van der Waals surface area (Å²) >= 11 is 0. The monoisotopic (exact) mass is 582 g/mol. The van der Waals surface area contributed by atoms with Crippen LogP contribution in [0.3, 0.4) is 0 Å². The first-order valence-electron chi connectivity index (χ1n) is 14.8. The molecule has 3 aromatic carbocycles. The lowest BCUT2D eigenvalue weighted by Crippen LogP contribution is -2.34. The summed E-state index contributed by atoms with van der Waals surface area (Å²) < 4.78 is 20.8. The van der Waals surface area contributed by atoms with Gasteiger partial charge in [0.2, 0.25) is 0 Å². The maximum absolute atomic E-state index is 14.0. The minimum Gasteiger partial charge on any atom is -0.482 e. The third-order valence-electron chi connectivity index (χ3n) is 8.52. The van der Waals surface area contributed by atoms with Gasteiger partial charge in [-0.3, -0.25) is 9.69 Å². The van der Waals surface area contributed by atoms with E-state index in [4.69, 9.17) is 9.84 Å². The number of benzene rings is 3. The van der Waals surface area contributed by atoms with Gasteiger partial charge >= 0.3 is 5.97 Å². The van der Waals surface area contributed by atoms with Gasteiger partial charge in [-0.15, -0.1) is 0 Å². The predicted octanol–water partition coefficient (Wildman–Crippen LogP) is 5.48. The number of piperidine rings is 1. The van der Waals surface area contributed by atoms with Crippen molar-refractivity contribution >= 4 is 11.9 Å². The van der Waals surface area contributed by atoms with Crippen LogP contribution >= 0.6 is 0 Å². The molecule has 6 rings (SSSR count). The van der Waals surface area contributed by atoms with Gasteiger partial charge in [0.25, 0.3) is 5.91 Å². The average Bonchev–Trinajstić information content (AvgIpc) is 3.70. The van der Waals surface area contributed by atoms with Crippen LogP contribution in [-0.2, 0) is 11.3 Å². The number of hydrogen-bond donors (Lipinski definition) is 1. The van der Waals surface area contributed by atoms with Crippen molar-refractivity contribution in [1.29, 1.82) is 0 Å². The molecule has 2 aliphatic rings. The number of carbonyl (C=O) groups excluding carboxylic acids is 1. The van der Waals surface area contributed by atoms with Gasteiger partial charge in [-0.25, -0.2) is 13.9 Å². The molecular formula is C34H35FN4O4. The summed E-state index contributed by atoms with van der Waals surface area (Å²) in [5.74, 6) is -0.329. The van der Waals surface area contributed by atoms with Gasteiger partial charge < -0.3 is 14.7 Å². The molecule has 0 aliphatic carbocycles. The molecule has 1 amide bonds. The second-order valence-electron chi connectivity index (χ2n) is 11.4. The third-order valence-corrected chi connectivity index (χ3v) is 8.52. The summed E-state index contributed by atoms with van der Waals surface area (Å²) in [7, 11) is 0. The standard InChI is InChI=1S/C34H35FN4O4/c35-28-8-10-29(11-9-28)39-33(31(20-36-39)34(42)38-19-16-27(22-38)25-4-2-1-3-5-25)26-14-17-37(18-15-26)21-24-6-12-30(13-7-24)43-23-32(40)41/h1-13,20,26-27H,14-19,21-23H2,(H,40,41)/t27-/m0/s1. The summed E-state index contributed by atoms with van der Waals surface area (Å²) in [6, 6.07) is 24.1. The highest BCUT2D eigenvalue weighted by molar-refractivity contribution is 5.95. The van der Waals surface area contributed by atoms with Crippen LogP contribution in [0.2, 0.25) is 0 Å². The van der Waals surface area contributed by atoms with Crippen LogP contribution in [0.1, 0.15) is 58.3 Å². The quantitative estimate of drug-likeness (QED) is 0.281. The summed E-state index contributed by atoms with van der Waals surface area (Å²) in [5.41, 5.74) is 4.66. The molecule has 0 bridgehead atoms. The van der Waals surface area contributed by atoms with E-state index in [1.54, 1.807) is 30.5 Å². The van der Waals surface area contributed by atoms with E-state index in [0.717, 1.165) is 55.8 Å². The Morgan fingerprint density at radius 2 is 1.58 bits per heavy atom. The van der Waals surface area contributed by atoms with Crippen molar-refractivity contribution in [2.45, 2.75) is 37.6 Å². The number of carbonyl (C=O) groups is 2. The number of nitrogens with zero attached hydrogens (tertiary/aromatic N) is 4. The molecule has 4 aromatic rings. The molecule has 9 heteroatoms. The van der Waals surface area contributed by atoms with E-state index in [-0.39, 0.29) is 24.2 Å². The molecule has 0 unspecified atom stereocenters. The second kappa shape index (κ2) is 12.8. The minimum absolute atomic E-state index is 0.00873. The first-order chi connectivity index (χ1) is 20.9. The molecule has 2 saturated heterocycles. The summed E-state index contributed by atoms with van der Waals surface area (Å²) in [4.78, 5) is 29.0. The van der Waals surface area contributed by atoms with Crippen LogP contribution in [0.4, 0.5) is 4.39 Å². The number of ether oxygens (including phenoxy) is 1. The van der Waals surface area contributed by atoms with Crippen molar-refractivity contribution in [3.63, 3.8) is 0 Å². The van der Waals surface area contributed by atoms with Crippen molar-refractivity contribution in [1.82, 2.24) is 19.6 Å². The van der Waals surface area contributed by atoms with E-state index in [1.807, 2.05) is 39.9 Å². The Bertz CT molecular complexity index is 1550. The molecule has 1 aromatic heterocycles. The summed E-state index contributed by atoms with van der Waals surface area (Å²) in [6.45, 7) is 3.50. The Hall–Kier alpha value is -4.50. The highest BCUT2D eigenvalue weighted by Gasteiger charge is 2.34. The van der Waals surface area contributed by atoms with Crippen LogP contribution < -0.4 is 4.74 Å². The molecule has 3 heterocycles. The SMILES string of the molecule is O=C(O)COc1ccc(CN2CCC(c3c(C(=O)N4CC[C@H](c5ccccc5)C4)cnn3-c3ccc(F)cc3)CC2)cc1. The van der Waals surface area contributed by atoms with Crippen LogP contribution in [0, 0.1) is 5.82 Å². The molecule has 2 fully saturated rings. The van der Waals surface area contributed by atoms with Gasteiger partial charge in [-0.2, -0.15) is 5.10 Å². The smallest absolute Gasteiger partial charge is 0.341 e. The van der Waals surface area contributed by atoms with Crippen LogP contribution in [0.5, 0.6) is 5.75 Å². The average molecular weight is 583 g/mol. The van der Waals surface area contributed by atoms with E-state index in [0.29, 0.717) is 30.3 Å². The molecule has 0 spiro atoms. The fraction of sp³-hybridized carbons (Fsp3) is 0.324. The van der Waals surface area contributed by atoms with E-state index in [9.17, 15) is 14.0 Å². The van der Waals surface area contributed by atoms with Gasteiger partial charge in [0, 0.05) is 31.5 Å². The third kappa shape index (κ3) is 6.62. The van der Waals surface area contributed by atoms with E-state index in [2.05, 4.69) is 22.1 Å². The lowest BCUT2D eigenvalue weighted by atomic mass is 9.90. The normalized spacial score (nSPS) is 17.7. The Labute approximate surface area is 250 Å². The zero-order valence-corrected chi connectivity index (χ0v) is 23.9.